The van der Waals surface area contributed by atoms with E-state index in [0.717, 1.165) is 18.3 Å². The van der Waals surface area contributed by atoms with Crippen LogP contribution in [0.5, 0.6) is 5.75 Å². The molecule has 2 aromatic rings. The molecule has 2 unspecified atom stereocenters. The third-order valence-corrected chi connectivity index (χ3v) is 8.65. The number of hydrogen-bond donors (Lipinski definition) is 1. The van der Waals surface area contributed by atoms with E-state index < -0.39 is 52.5 Å². The van der Waals surface area contributed by atoms with Crippen LogP contribution in [0.2, 0.25) is 0 Å². The number of benzene rings is 1. The number of piperidine rings is 2. The molecule has 9 nitrogen and oxygen atoms in total. The fraction of sp³-hybridized carbons (Fsp3) is 0.531. The van der Waals surface area contributed by atoms with Crippen molar-refractivity contribution in [3.05, 3.63) is 59.2 Å². The molecule has 242 valence electrons. The molecule has 2 amide bonds. The van der Waals surface area contributed by atoms with Gasteiger partial charge < -0.3 is 19.6 Å². The molecule has 0 radical (unpaired) electrons. The number of carboxylic acid groups (broad SMARTS) is 1. The second kappa shape index (κ2) is 14.3. The summed E-state index contributed by atoms with van der Waals surface area (Å²) in [6.07, 6.45) is -1.24. The van der Waals surface area contributed by atoms with Crippen LogP contribution in [-0.4, -0.2) is 70.0 Å². The molecule has 0 bridgehead atoms. The van der Waals surface area contributed by atoms with E-state index in [1.54, 1.807) is 4.90 Å². The smallest absolute Gasteiger partial charge is 0.418 e. The van der Waals surface area contributed by atoms with Crippen molar-refractivity contribution in [1.29, 1.82) is 5.26 Å². The number of hydrogen-bond acceptors (Lipinski definition) is 6. The van der Waals surface area contributed by atoms with Gasteiger partial charge in [-0.3, -0.25) is 19.4 Å². The van der Waals surface area contributed by atoms with Crippen molar-refractivity contribution in [2.45, 2.75) is 75.9 Å². The molecule has 1 aromatic carbocycles. The summed E-state index contributed by atoms with van der Waals surface area (Å²) in [5.74, 6) is -3.00. The largest absolute Gasteiger partial charge is 0.493 e. The van der Waals surface area contributed by atoms with E-state index in [-0.39, 0.29) is 63.6 Å². The molecule has 2 fully saturated rings. The Morgan fingerprint density at radius 2 is 1.91 bits per heavy atom. The Morgan fingerprint density at radius 1 is 1.18 bits per heavy atom. The zero-order valence-electron chi connectivity index (χ0n) is 25.0. The van der Waals surface area contributed by atoms with Gasteiger partial charge in [0, 0.05) is 43.9 Å². The Balaban J connectivity index is 1.52. The van der Waals surface area contributed by atoms with Crippen LogP contribution in [0.15, 0.2) is 36.5 Å². The van der Waals surface area contributed by atoms with Gasteiger partial charge in [-0.05, 0) is 68.9 Å². The van der Waals surface area contributed by atoms with Crippen molar-refractivity contribution in [2.24, 2.45) is 5.92 Å². The van der Waals surface area contributed by atoms with Crippen LogP contribution in [0.3, 0.4) is 0 Å². The Morgan fingerprint density at radius 3 is 2.56 bits per heavy atom. The standard InChI is InChI=1S/C32H36F4N4O5/c1-2-6-25-22(7-4-15-40(25)30(44)28-23(32(34,35)36)8-3-14-38-28)29(43)39-16-12-31(20-37,13-17-39)24-19-21(33)10-11-26(24)45-18-5-9-27(41)42/h3,8,10-11,14,19,22,25H,2,4-7,9,12-13,15-18H2,1H3,(H,41,42). The number of likely N-dealkylation sites (tertiary alicyclic amines) is 2. The molecule has 2 aliphatic rings. The van der Waals surface area contributed by atoms with E-state index >= 15 is 0 Å². The van der Waals surface area contributed by atoms with Crippen molar-refractivity contribution < 1.29 is 41.8 Å². The first-order valence-electron chi connectivity index (χ1n) is 15.1. The molecule has 1 aromatic heterocycles. The number of alkyl halides is 3. The first-order valence-corrected chi connectivity index (χ1v) is 15.1. The van der Waals surface area contributed by atoms with E-state index in [1.807, 2.05) is 6.92 Å². The number of aromatic nitrogens is 1. The minimum atomic E-state index is -4.77. The maximum atomic E-state index is 14.4. The predicted octanol–water partition coefficient (Wildman–Crippen LogP) is 5.59. The van der Waals surface area contributed by atoms with Crippen LogP contribution >= 0.6 is 0 Å². The molecule has 1 N–H and O–H groups in total. The fourth-order valence-corrected chi connectivity index (χ4v) is 6.38. The van der Waals surface area contributed by atoms with E-state index in [1.165, 1.54) is 23.1 Å². The molecular weight excluding hydrogens is 596 g/mol. The van der Waals surface area contributed by atoms with Crippen molar-refractivity contribution in [3.8, 4) is 11.8 Å². The molecular formula is C32H36F4N4O5. The maximum Gasteiger partial charge on any atom is 0.418 e. The molecule has 4 rings (SSSR count). The number of carbonyl (C=O) groups excluding carboxylic acids is 2. The summed E-state index contributed by atoms with van der Waals surface area (Å²) in [4.78, 5) is 45.0. The molecule has 13 heteroatoms. The summed E-state index contributed by atoms with van der Waals surface area (Å²) in [5.41, 5.74) is -2.63. The summed E-state index contributed by atoms with van der Waals surface area (Å²) in [7, 11) is 0. The maximum absolute atomic E-state index is 14.4. The van der Waals surface area contributed by atoms with Crippen LogP contribution in [-0.2, 0) is 21.2 Å². The molecule has 2 aliphatic heterocycles. The zero-order valence-corrected chi connectivity index (χ0v) is 25.0. The first kappa shape index (κ1) is 33.7. The third-order valence-electron chi connectivity index (χ3n) is 8.65. The number of aliphatic carboxylic acids is 1. The van der Waals surface area contributed by atoms with Crippen LogP contribution in [0.25, 0.3) is 0 Å². The second-order valence-corrected chi connectivity index (χ2v) is 11.5. The number of amides is 2. The van der Waals surface area contributed by atoms with E-state index in [9.17, 15) is 37.2 Å². The van der Waals surface area contributed by atoms with Gasteiger partial charge in [0.25, 0.3) is 5.91 Å². The van der Waals surface area contributed by atoms with Crippen LogP contribution in [0.1, 0.15) is 79.9 Å². The summed E-state index contributed by atoms with van der Waals surface area (Å²) in [5, 5.41) is 19.2. The minimum Gasteiger partial charge on any atom is -0.493 e. The lowest BCUT2D eigenvalue weighted by Gasteiger charge is -2.44. The van der Waals surface area contributed by atoms with Gasteiger partial charge in [-0.1, -0.05) is 13.3 Å². The average molecular weight is 633 g/mol. The van der Waals surface area contributed by atoms with E-state index in [2.05, 4.69) is 11.1 Å². The normalized spacial score (nSPS) is 19.9. The van der Waals surface area contributed by atoms with Crippen molar-refractivity contribution in [2.75, 3.05) is 26.2 Å². The Hall–Kier alpha value is -4.21. The lowest BCUT2D eigenvalue weighted by Crippen LogP contribution is -2.55. The van der Waals surface area contributed by atoms with Gasteiger partial charge in [0.2, 0.25) is 5.91 Å². The molecule has 0 spiro atoms. The van der Waals surface area contributed by atoms with Gasteiger partial charge >= 0.3 is 12.1 Å². The summed E-state index contributed by atoms with van der Waals surface area (Å²) >= 11 is 0. The second-order valence-electron chi connectivity index (χ2n) is 11.5. The highest BCUT2D eigenvalue weighted by Crippen LogP contribution is 2.42. The van der Waals surface area contributed by atoms with Gasteiger partial charge in [-0.15, -0.1) is 0 Å². The van der Waals surface area contributed by atoms with Crippen LogP contribution < -0.4 is 4.74 Å². The van der Waals surface area contributed by atoms with E-state index in [0.29, 0.717) is 31.2 Å². The number of carboxylic acids is 1. The average Bonchev–Trinajstić information content (AvgIpc) is 3.02. The number of halogens is 4. The zero-order chi connectivity index (χ0) is 32.8. The SMILES string of the molecule is CCCC1C(C(=O)N2CCC(C#N)(c3cc(F)ccc3OCCCC(=O)O)CC2)CCCN1C(=O)c1ncccc1C(F)(F)F. The molecule has 0 saturated carbocycles. The van der Waals surface area contributed by atoms with Crippen molar-refractivity contribution in [1.82, 2.24) is 14.8 Å². The number of ether oxygens (including phenoxy) is 1. The lowest BCUT2D eigenvalue weighted by atomic mass is 9.73. The summed E-state index contributed by atoms with van der Waals surface area (Å²) in [6, 6.07) is 7.48. The quantitative estimate of drug-likeness (QED) is 0.268. The Kier molecular flexibility index (Phi) is 10.7. The number of nitrogens with zero attached hydrogens (tertiary/aromatic N) is 4. The summed E-state index contributed by atoms with van der Waals surface area (Å²) < 4.78 is 61.2. The Labute approximate surface area is 258 Å². The van der Waals surface area contributed by atoms with E-state index in [4.69, 9.17) is 9.84 Å². The molecule has 2 saturated heterocycles. The number of nitriles is 1. The van der Waals surface area contributed by atoms with Gasteiger partial charge in [0.05, 0.1) is 29.6 Å². The predicted molar refractivity (Wildman–Crippen MR) is 154 cm³/mol. The topological polar surface area (TPSA) is 124 Å². The summed E-state index contributed by atoms with van der Waals surface area (Å²) in [6.45, 7) is 2.48. The lowest BCUT2D eigenvalue weighted by molar-refractivity contribution is -0.141. The third kappa shape index (κ3) is 7.54. The highest BCUT2D eigenvalue weighted by Gasteiger charge is 2.45. The highest BCUT2D eigenvalue weighted by atomic mass is 19.4. The first-order chi connectivity index (χ1) is 21.4. The fourth-order valence-electron chi connectivity index (χ4n) is 6.38. The van der Waals surface area contributed by atoms with Gasteiger partial charge in [0.1, 0.15) is 17.3 Å². The number of pyridine rings is 1. The van der Waals surface area contributed by atoms with Crippen molar-refractivity contribution >= 4 is 17.8 Å². The van der Waals surface area contributed by atoms with Gasteiger partial charge in [0.15, 0.2) is 0 Å². The Bertz CT molecular complexity index is 1440. The van der Waals surface area contributed by atoms with Crippen molar-refractivity contribution in [3.63, 3.8) is 0 Å². The molecule has 3 heterocycles. The van der Waals surface area contributed by atoms with Gasteiger partial charge in [-0.25, -0.2) is 4.39 Å². The van der Waals surface area contributed by atoms with Crippen LogP contribution in [0, 0.1) is 23.1 Å². The van der Waals surface area contributed by atoms with Crippen LogP contribution in [0.4, 0.5) is 17.6 Å². The number of carbonyl (C=O) groups is 3. The highest BCUT2D eigenvalue weighted by molar-refractivity contribution is 5.95. The number of rotatable bonds is 10. The molecule has 2 atom stereocenters. The monoisotopic (exact) mass is 632 g/mol. The molecule has 0 aliphatic carbocycles. The minimum absolute atomic E-state index is 0.0652. The van der Waals surface area contributed by atoms with Gasteiger partial charge in [-0.2, -0.15) is 18.4 Å². The molecule has 45 heavy (non-hydrogen) atoms.